The van der Waals surface area contributed by atoms with E-state index in [0.29, 0.717) is 27.4 Å². The van der Waals surface area contributed by atoms with Crippen LogP contribution in [0.5, 0.6) is 5.75 Å². The summed E-state index contributed by atoms with van der Waals surface area (Å²) in [5.41, 5.74) is 1.70. The molecule has 0 aliphatic carbocycles. The van der Waals surface area contributed by atoms with E-state index >= 15 is 0 Å². The van der Waals surface area contributed by atoms with Crippen LogP contribution in [0.3, 0.4) is 0 Å². The predicted octanol–water partition coefficient (Wildman–Crippen LogP) is 3.10. The van der Waals surface area contributed by atoms with E-state index in [2.05, 4.69) is 9.98 Å². The lowest BCUT2D eigenvalue weighted by molar-refractivity contribution is 0.280. The molecular formula is C18H21ClFN3O2. The minimum absolute atomic E-state index is 0.0272. The molecule has 0 aliphatic heterocycles. The molecule has 1 aromatic carbocycles. The summed E-state index contributed by atoms with van der Waals surface area (Å²) in [6.45, 7) is 1.63. The minimum Gasteiger partial charge on any atom is -0.505 e. The van der Waals surface area contributed by atoms with Crippen molar-refractivity contribution >= 4 is 17.8 Å². The van der Waals surface area contributed by atoms with Crippen LogP contribution >= 0.6 is 11.6 Å². The smallest absolute Gasteiger partial charge is 0.145 e. The Morgan fingerprint density at radius 1 is 1.40 bits per heavy atom. The zero-order chi connectivity index (χ0) is 18.6. The molecule has 0 amide bonds. The molecule has 1 aromatic heterocycles. The van der Waals surface area contributed by atoms with Gasteiger partial charge in [0.05, 0.1) is 24.9 Å². The van der Waals surface area contributed by atoms with Crippen LogP contribution in [0.25, 0.3) is 0 Å². The number of aliphatic imine (C=N–C) groups is 1. The van der Waals surface area contributed by atoms with Crippen molar-refractivity contribution in [2.75, 3.05) is 20.6 Å². The molecule has 25 heavy (non-hydrogen) atoms. The fourth-order valence-corrected chi connectivity index (χ4v) is 2.80. The van der Waals surface area contributed by atoms with Gasteiger partial charge >= 0.3 is 0 Å². The van der Waals surface area contributed by atoms with Crippen molar-refractivity contribution in [3.63, 3.8) is 0 Å². The lowest BCUT2D eigenvalue weighted by Gasteiger charge is -2.24. The predicted molar refractivity (Wildman–Crippen MR) is 96.9 cm³/mol. The number of likely N-dealkylation sites (N-methyl/N-ethyl adjacent to an activating group) is 1. The third kappa shape index (κ3) is 4.34. The van der Waals surface area contributed by atoms with Gasteiger partial charge in [0, 0.05) is 34.1 Å². The minimum atomic E-state index is -0.389. The van der Waals surface area contributed by atoms with Crippen molar-refractivity contribution in [2.45, 2.75) is 19.6 Å². The van der Waals surface area contributed by atoms with Crippen molar-refractivity contribution in [1.82, 2.24) is 9.88 Å². The summed E-state index contributed by atoms with van der Waals surface area (Å²) in [5.74, 6) is -0.416. The Morgan fingerprint density at radius 3 is 2.72 bits per heavy atom. The summed E-state index contributed by atoms with van der Waals surface area (Å²) < 4.78 is 14.2. The number of halogens is 2. The SMILES string of the molecule is Cc1ncc(CO)c(C=NC[C@H](c2c(F)cccc2Cl)N(C)C)c1O. The molecule has 2 aromatic rings. The van der Waals surface area contributed by atoms with Gasteiger partial charge in [-0.3, -0.25) is 9.98 Å². The number of nitrogens with zero attached hydrogens (tertiary/aromatic N) is 3. The molecule has 134 valence electrons. The second kappa shape index (κ2) is 8.38. The molecular weight excluding hydrogens is 345 g/mol. The second-order valence-corrected chi connectivity index (χ2v) is 6.31. The standard InChI is InChI=1S/C18H21ClFN3O2/c1-11-18(25)13(12(10-24)7-22-11)8-21-9-16(23(2)3)17-14(19)5-4-6-15(17)20/h4-8,16,24-25H,9-10H2,1-3H3/t16-/m1/s1. The van der Waals surface area contributed by atoms with E-state index in [-0.39, 0.29) is 30.8 Å². The maximum atomic E-state index is 14.2. The number of benzene rings is 1. The van der Waals surface area contributed by atoms with Gasteiger partial charge in [-0.1, -0.05) is 17.7 Å². The van der Waals surface area contributed by atoms with Crippen LogP contribution < -0.4 is 0 Å². The Morgan fingerprint density at radius 2 is 2.12 bits per heavy atom. The number of aromatic nitrogens is 1. The summed E-state index contributed by atoms with van der Waals surface area (Å²) in [4.78, 5) is 10.2. The number of aromatic hydroxyl groups is 1. The van der Waals surface area contributed by atoms with Gasteiger partial charge in [0.1, 0.15) is 11.6 Å². The number of hydrogen-bond donors (Lipinski definition) is 2. The molecule has 0 aliphatic rings. The molecule has 5 nitrogen and oxygen atoms in total. The lowest BCUT2D eigenvalue weighted by atomic mass is 10.0. The number of aryl methyl sites for hydroxylation is 1. The van der Waals surface area contributed by atoms with Gasteiger partial charge in [-0.15, -0.1) is 0 Å². The molecule has 7 heteroatoms. The van der Waals surface area contributed by atoms with Crippen LogP contribution in [0, 0.1) is 12.7 Å². The number of rotatable bonds is 6. The first-order chi connectivity index (χ1) is 11.9. The van der Waals surface area contributed by atoms with Crippen molar-refractivity contribution in [1.29, 1.82) is 0 Å². The molecule has 0 saturated heterocycles. The molecule has 0 saturated carbocycles. The van der Waals surface area contributed by atoms with E-state index in [0.717, 1.165) is 0 Å². The largest absolute Gasteiger partial charge is 0.505 e. The molecule has 0 bridgehead atoms. The topological polar surface area (TPSA) is 69.0 Å². The van der Waals surface area contributed by atoms with Gasteiger partial charge in [-0.05, 0) is 33.2 Å². The van der Waals surface area contributed by atoms with Crippen molar-refractivity contribution < 1.29 is 14.6 Å². The molecule has 2 N–H and O–H groups in total. The fourth-order valence-electron chi connectivity index (χ4n) is 2.51. The van der Waals surface area contributed by atoms with E-state index in [1.807, 2.05) is 19.0 Å². The van der Waals surface area contributed by atoms with Gasteiger partial charge in [-0.2, -0.15) is 0 Å². The van der Waals surface area contributed by atoms with Crippen molar-refractivity contribution in [2.24, 2.45) is 4.99 Å². The average Bonchev–Trinajstić information content (AvgIpc) is 2.56. The monoisotopic (exact) mass is 365 g/mol. The van der Waals surface area contributed by atoms with Crippen LogP contribution in [-0.2, 0) is 6.61 Å². The summed E-state index contributed by atoms with van der Waals surface area (Å²) >= 11 is 6.16. The van der Waals surface area contributed by atoms with E-state index in [4.69, 9.17) is 11.6 Å². The summed E-state index contributed by atoms with van der Waals surface area (Å²) in [6.07, 6.45) is 2.97. The number of aliphatic hydroxyl groups excluding tert-OH is 1. The summed E-state index contributed by atoms with van der Waals surface area (Å²) in [7, 11) is 3.63. The number of aliphatic hydroxyl groups is 1. The highest BCUT2D eigenvalue weighted by atomic mass is 35.5. The first-order valence-corrected chi connectivity index (χ1v) is 8.13. The lowest BCUT2D eigenvalue weighted by Crippen LogP contribution is -2.24. The van der Waals surface area contributed by atoms with E-state index in [9.17, 15) is 14.6 Å². The Balaban J connectivity index is 2.32. The highest BCUT2D eigenvalue weighted by molar-refractivity contribution is 6.31. The maximum absolute atomic E-state index is 14.2. The normalized spacial score (nSPS) is 12.9. The van der Waals surface area contributed by atoms with Crippen LogP contribution in [0.2, 0.25) is 5.02 Å². The zero-order valence-electron chi connectivity index (χ0n) is 14.4. The first-order valence-electron chi connectivity index (χ1n) is 7.75. The van der Waals surface area contributed by atoms with Gasteiger partial charge in [0.25, 0.3) is 0 Å². The Hall–Kier alpha value is -2.02. The third-order valence-corrected chi connectivity index (χ3v) is 4.31. The Labute approximate surface area is 151 Å². The Bertz CT molecular complexity index is 761. The molecule has 1 heterocycles. The van der Waals surface area contributed by atoms with Crippen LogP contribution in [0.15, 0.2) is 29.4 Å². The van der Waals surface area contributed by atoms with Gasteiger partial charge in [0.2, 0.25) is 0 Å². The van der Waals surface area contributed by atoms with Crippen molar-refractivity contribution in [3.8, 4) is 5.75 Å². The molecule has 2 rings (SSSR count). The van der Waals surface area contributed by atoms with Gasteiger partial charge < -0.3 is 15.1 Å². The van der Waals surface area contributed by atoms with E-state index in [1.165, 1.54) is 18.5 Å². The highest BCUT2D eigenvalue weighted by Gasteiger charge is 2.20. The molecule has 0 unspecified atom stereocenters. The quantitative estimate of drug-likeness (QED) is 0.772. The first kappa shape index (κ1) is 19.3. The third-order valence-electron chi connectivity index (χ3n) is 3.98. The molecule has 1 atom stereocenters. The van der Waals surface area contributed by atoms with Crippen LogP contribution in [0.1, 0.15) is 28.4 Å². The highest BCUT2D eigenvalue weighted by Crippen LogP contribution is 2.29. The molecule has 0 radical (unpaired) electrons. The number of pyridine rings is 1. The summed E-state index contributed by atoms with van der Waals surface area (Å²) in [5, 5.41) is 19.9. The average molecular weight is 366 g/mol. The van der Waals surface area contributed by atoms with Crippen LogP contribution in [-0.4, -0.2) is 47.0 Å². The van der Waals surface area contributed by atoms with E-state index < -0.39 is 0 Å². The zero-order valence-corrected chi connectivity index (χ0v) is 15.1. The Kier molecular flexibility index (Phi) is 6.47. The van der Waals surface area contributed by atoms with Gasteiger partial charge in [-0.25, -0.2) is 4.39 Å². The molecule has 0 fully saturated rings. The van der Waals surface area contributed by atoms with Crippen LogP contribution in [0.4, 0.5) is 4.39 Å². The molecule has 0 spiro atoms. The second-order valence-electron chi connectivity index (χ2n) is 5.90. The summed E-state index contributed by atoms with van der Waals surface area (Å²) in [6, 6.07) is 4.20. The van der Waals surface area contributed by atoms with E-state index in [1.54, 1.807) is 19.1 Å². The fraction of sp³-hybridized carbons (Fsp3) is 0.333. The maximum Gasteiger partial charge on any atom is 0.145 e. The van der Waals surface area contributed by atoms with Gasteiger partial charge in [0.15, 0.2) is 0 Å². The number of hydrogen-bond acceptors (Lipinski definition) is 5. The van der Waals surface area contributed by atoms with Crippen molar-refractivity contribution in [3.05, 3.63) is 57.6 Å².